The zero-order valence-electron chi connectivity index (χ0n) is 6.71. The summed E-state index contributed by atoms with van der Waals surface area (Å²) in [4.78, 5) is 0. The lowest BCUT2D eigenvalue weighted by atomic mass is 10.2. The Labute approximate surface area is 91.0 Å². The molecule has 0 saturated heterocycles. The molecule has 0 bridgehead atoms. The van der Waals surface area contributed by atoms with E-state index in [0.717, 1.165) is 15.8 Å². The molecule has 2 N–H and O–H groups in total. The summed E-state index contributed by atoms with van der Waals surface area (Å²) in [7, 11) is 1.64. The minimum Gasteiger partial charge on any atom is -0.496 e. The zero-order chi connectivity index (χ0) is 8.27. The molecule has 0 aliphatic carbocycles. The van der Waals surface area contributed by atoms with Gasteiger partial charge in [-0.25, -0.2) is 0 Å². The maximum atomic E-state index is 5.49. The number of methoxy groups -OCH3 is 1. The molecule has 0 heterocycles. The predicted octanol–water partition coefficient (Wildman–Crippen LogP) is 2.49. The highest BCUT2D eigenvalue weighted by Crippen LogP contribution is 2.21. The van der Waals surface area contributed by atoms with Gasteiger partial charge in [0.15, 0.2) is 0 Å². The summed E-state index contributed by atoms with van der Waals surface area (Å²) in [6.45, 7) is 0.503. The summed E-state index contributed by atoms with van der Waals surface area (Å²) < 4.78 is 6.12. The third-order valence-corrected chi connectivity index (χ3v) is 1.96. The Morgan fingerprint density at radius 3 is 2.67 bits per heavy atom. The Hall–Kier alpha value is -0.0600. The molecule has 4 heteroatoms. The van der Waals surface area contributed by atoms with E-state index in [1.54, 1.807) is 7.11 Å². The molecule has 0 atom stereocenters. The van der Waals surface area contributed by atoms with Crippen molar-refractivity contribution in [2.24, 2.45) is 5.73 Å². The molecular formula is C8H11Br2NO. The van der Waals surface area contributed by atoms with Crippen molar-refractivity contribution in [3.63, 3.8) is 0 Å². The zero-order valence-corrected chi connectivity index (χ0v) is 10.0. The van der Waals surface area contributed by atoms with Gasteiger partial charge in [-0.05, 0) is 18.2 Å². The Bertz CT molecular complexity index is 253. The molecule has 0 aliphatic rings. The summed E-state index contributed by atoms with van der Waals surface area (Å²) in [5, 5.41) is 0. The third-order valence-electron chi connectivity index (χ3n) is 1.46. The van der Waals surface area contributed by atoms with E-state index in [0.29, 0.717) is 6.54 Å². The van der Waals surface area contributed by atoms with E-state index in [1.165, 1.54) is 0 Å². The molecule has 0 radical (unpaired) electrons. The van der Waals surface area contributed by atoms with Crippen LogP contribution in [0.15, 0.2) is 22.7 Å². The van der Waals surface area contributed by atoms with Gasteiger partial charge in [0.05, 0.1) is 7.11 Å². The topological polar surface area (TPSA) is 35.2 Å². The number of halogens is 2. The standard InChI is InChI=1S/C8H10BrNO.BrH/c1-11-8-3-2-7(9)4-6(8)5-10;/h2-4H,5,10H2,1H3;1H. The van der Waals surface area contributed by atoms with Crippen LogP contribution < -0.4 is 10.5 Å². The second-order valence-electron chi connectivity index (χ2n) is 2.16. The van der Waals surface area contributed by atoms with Gasteiger partial charge in [0.2, 0.25) is 0 Å². The molecule has 1 aromatic carbocycles. The average Bonchev–Trinajstić information content (AvgIpc) is 2.04. The van der Waals surface area contributed by atoms with Crippen molar-refractivity contribution in [2.45, 2.75) is 6.54 Å². The van der Waals surface area contributed by atoms with Crippen molar-refractivity contribution >= 4 is 32.9 Å². The molecule has 0 saturated carbocycles. The summed E-state index contributed by atoms with van der Waals surface area (Å²) in [6.07, 6.45) is 0. The van der Waals surface area contributed by atoms with E-state index in [9.17, 15) is 0 Å². The second kappa shape index (κ2) is 5.56. The Morgan fingerprint density at radius 1 is 1.50 bits per heavy atom. The molecule has 0 aliphatic heterocycles. The lowest BCUT2D eigenvalue weighted by Gasteiger charge is -2.05. The first-order chi connectivity index (χ1) is 5.27. The number of hydrogen-bond acceptors (Lipinski definition) is 2. The number of nitrogens with two attached hydrogens (primary N) is 1. The van der Waals surface area contributed by atoms with E-state index < -0.39 is 0 Å². The number of hydrogen-bond donors (Lipinski definition) is 1. The lowest BCUT2D eigenvalue weighted by molar-refractivity contribution is 0.409. The summed E-state index contributed by atoms with van der Waals surface area (Å²) >= 11 is 3.36. The van der Waals surface area contributed by atoms with Gasteiger partial charge in [-0.1, -0.05) is 15.9 Å². The normalized spacial score (nSPS) is 8.92. The lowest BCUT2D eigenvalue weighted by Crippen LogP contribution is -1.99. The van der Waals surface area contributed by atoms with Crippen LogP contribution in [0.2, 0.25) is 0 Å². The van der Waals surface area contributed by atoms with E-state index in [2.05, 4.69) is 15.9 Å². The van der Waals surface area contributed by atoms with Crippen LogP contribution in [0.1, 0.15) is 5.56 Å². The first kappa shape index (κ1) is 11.9. The van der Waals surface area contributed by atoms with Gasteiger partial charge in [-0.2, -0.15) is 0 Å². The quantitative estimate of drug-likeness (QED) is 0.910. The molecule has 0 amide bonds. The van der Waals surface area contributed by atoms with Gasteiger partial charge in [0.1, 0.15) is 5.75 Å². The maximum absolute atomic E-state index is 5.49. The molecule has 1 rings (SSSR count). The number of rotatable bonds is 2. The predicted molar refractivity (Wildman–Crippen MR) is 58.9 cm³/mol. The minimum atomic E-state index is 0. The molecule has 0 unspecified atom stereocenters. The van der Waals surface area contributed by atoms with Gasteiger partial charge < -0.3 is 10.5 Å². The van der Waals surface area contributed by atoms with Crippen LogP contribution in [0, 0.1) is 0 Å². The van der Waals surface area contributed by atoms with Gasteiger partial charge in [0.25, 0.3) is 0 Å². The molecule has 0 aromatic heterocycles. The number of benzene rings is 1. The molecule has 2 nitrogen and oxygen atoms in total. The first-order valence-corrected chi connectivity index (χ1v) is 4.09. The maximum Gasteiger partial charge on any atom is 0.123 e. The fourth-order valence-corrected chi connectivity index (χ4v) is 1.32. The van der Waals surface area contributed by atoms with Crippen molar-refractivity contribution in [3.05, 3.63) is 28.2 Å². The van der Waals surface area contributed by atoms with Crippen LogP contribution in [-0.2, 0) is 6.54 Å². The third kappa shape index (κ3) is 2.77. The van der Waals surface area contributed by atoms with Crippen LogP contribution in [0.25, 0.3) is 0 Å². The van der Waals surface area contributed by atoms with Gasteiger partial charge >= 0.3 is 0 Å². The molecule has 12 heavy (non-hydrogen) atoms. The van der Waals surface area contributed by atoms with E-state index in [-0.39, 0.29) is 17.0 Å². The van der Waals surface area contributed by atoms with Crippen molar-refractivity contribution in [2.75, 3.05) is 7.11 Å². The smallest absolute Gasteiger partial charge is 0.123 e. The van der Waals surface area contributed by atoms with E-state index in [4.69, 9.17) is 10.5 Å². The fourth-order valence-electron chi connectivity index (χ4n) is 0.907. The average molecular weight is 297 g/mol. The number of ether oxygens (including phenoxy) is 1. The van der Waals surface area contributed by atoms with Crippen molar-refractivity contribution in [1.29, 1.82) is 0 Å². The highest BCUT2D eigenvalue weighted by molar-refractivity contribution is 9.10. The van der Waals surface area contributed by atoms with Crippen LogP contribution >= 0.6 is 32.9 Å². The molecular weight excluding hydrogens is 286 g/mol. The summed E-state index contributed by atoms with van der Waals surface area (Å²) in [6, 6.07) is 5.78. The highest BCUT2D eigenvalue weighted by Gasteiger charge is 1.99. The highest BCUT2D eigenvalue weighted by atomic mass is 79.9. The Balaban J connectivity index is 0.00000121. The summed E-state index contributed by atoms with van der Waals surface area (Å²) in [5.41, 5.74) is 6.51. The second-order valence-corrected chi connectivity index (χ2v) is 3.08. The van der Waals surface area contributed by atoms with Gasteiger partial charge in [0, 0.05) is 16.6 Å². The van der Waals surface area contributed by atoms with E-state index in [1.807, 2.05) is 18.2 Å². The van der Waals surface area contributed by atoms with Crippen LogP contribution in [-0.4, -0.2) is 7.11 Å². The van der Waals surface area contributed by atoms with Crippen LogP contribution in [0.4, 0.5) is 0 Å². The molecule has 1 aromatic rings. The molecule has 0 spiro atoms. The minimum absolute atomic E-state index is 0. The molecule has 68 valence electrons. The SMILES string of the molecule is Br.COc1ccc(Br)cc1CN. The Morgan fingerprint density at radius 2 is 2.17 bits per heavy atom. The monoisotopic (exact) mass is 295 g/mol. The molecule has 0 fully saturated rings. The van der Waals surface area contributed by atoms with Gasteiger partial charge in [-0.3, -0.25) is 0 Å². The van der Waals surface area contributed by atoms with Crippen LogP contribution in [0.3, 0.4) is 0 Å². The van der Waals surface area contributed by atoms with Crippen LogP contribution in [0.5, 0.6) is 5.75 Å². The van der Waals surface area contributed by atoms with Crippen molar-refractivity contribution in [3.8, 4) is 5.75 Å². The van der Waals surface area contributed by atoms with E-state index >= 15 is 0 Å². The largest absolute Gasteiger partial charge is 0.496 e. The van der Waals surface area contributed by atoms with Gasteiger partial charge in [-0.15, -0.1) is 17.0 Å². The summed E-state index contributed by atoms with van der Waals surface area (Å²) in [5.74, 6) is 0.843. The fraction of sp³-hybridized carbons (Fsp3) is 0.250. The van der Waals surface area contributed by atoms with Crippen molar-refractivity contribution in [1.82, 2.24) is 0 Å². The van der Waals surface area contributed by atoms with Crippen molar-refractivity contribution < 1.29 is 4.74 Å². The Kier molecular flexibility index (Phi) is 5.53. The first-order valence-electron chi connectivity index (χ1n) is 3.30.